The minimum atomic E-state index is -0.162. The number of carbonyl (C=O) groups is 2. The van der Waals surface area contributed by atoms with Crippen LogP contribution in [0.1, 0.15) is 29.3 Å². The van der Waals surface area contributed by atoms with E-state index in [0.29, 0.717) is 37.6 Å². The van der Waals surface area contributed by atoms with Crippen molar-refractivity contribution in [2.45, 2.75) is 26.3 Å². The zero-order valence-corrected chi connectivity index (χ0v) is 22.0. The SMILES string of the molecule is CCCN(CC(=O)N(CCc1ccc(OC)c(OC)c1)Cc1cccs1)C(=O)C=Cc1ccccc1. The first-order valence-corrected chi connectivity index (χ1v) is 12.9. The van der Waals surface area contributed by atoms with Crippen molar-refractivity contribution >= 4 is 29.2 Å². The van der Waals surface area contributed by atoms with Gasteiger partial charge < -0.3 is 19.3 Å². The zero-order chi connectivity index (χ0) is 25.8. The normalized spacial score (nSPS) is 10.9. The quantitative estimate of drug-likeness (QED) is 0.296. The van der Waals surface area contributed by atoms with Crippen LogP contribution in [0.15, 0.2) is 72.1 Å². The molecule has 2 aromatic carbocycles. The fourth-order valence-corrected chi connectivity index (χ4v) is 4.54. The van der Waals surface area contributed by atoms with Crippen molar-refractivity contribution in [2.75, 3.05) is 33.9 Å². The van der Waals surface area contributed by atoms with Crippen molar-refractivity contribution in [3.05, 3.63) is 88.1 Å². The second-order valence-corrected chi connectivity index (χ2v) is 9.37. The van der Waals surface area contributed by atoms with Crippen LogP contribution in [-0.2, 0) is 22.6 Å². The topological polar surface area (TPSA) is 59.1 Å². The van der Waals surface area contributed by atoms with Crippen LogP contribution < -0.4 is 9.47 Å². The summed E-state index contributed by atoms with van der Waals surface area (Å²) in [4.78, 5) is 30.9. The Hall–Kier alpha value is -3.58. The number of hydrogen-bond donors (Lipinski definition) is 0. The molecule has 0 saturated heterocycles. The Balaban J connectivity index is 1.71. The predicted molar refractivity (Wildman–Crippen MR) is 145 cm³/mol. The molecular formula is C29H34N2O4S. The Morgan fingerprint density at radius 1 is 0.917 bits per heavy atom. The van der Waals surface area contributed by atoms with E-state index in [0.717, 1.165) is 22.4 Å². The first-order chi connectivity index (χ1) is 17.5. The standard InChI is InChI=1S/C29H34N2O4S/c1-4-17-30(28(32)15-13-23-9-6-5-7-10-23)22-29(33)31(21-25-11-8-19-36-25)18-16-24-12-14-26(34-2)27(20-24)35-3/h5-15,19-20H,4,16-18,21-22H2,1-3H3. The number of rotatable bonds is 13. The van der Waals surface area contributed by atoms with Crippen LogP contribution >= 0.6 is 11.3 Å². The van der Waals surface area contributed by atoms with Gasteiger partial charge in [0.25, 0.3) is 0 Å². The molecule has 0 bridgehead atoms. The lowest BCUT2D eigenvalue weighted by atomic mass is 10.1. The third kappa shape index (κ3) is 7.99. The Bertz CT molecular complexity index is 1130. The van der Waals surface area contributed by atoms with Crippen molar-refractivity contribution < 1.29 is 19.1 Å². The fourth-order valence-electron chi connectivity index (χ4n) is 3.82. The highest BCUT2D eigenvalue weighted by molar-refractivity contribution is 7.09. The number of nitrogens with zero attached hydrogens (tertiary/aromatic N) is 2. The first kappa shape index (κ1) is 27.0. The predicted octanol–water partition coefficient (Wildman–Crippen LogP) is 5.29. The maximum Gasteiger partial charge on any atom is 0.247 e. The van der Waals surface area contributed by atoms with Crippen molar-refractivity contribution in [3.8, 4) is 11.5 Å². The van der Waals surface area contributed by atoms with Gasteiger partial charge in [0.05, 0.1) is 20.8 Å². The van der Waals surface area contributed by atoms with E-state index in [1.54, 1.807) is 42.6 Å². The minimum absolute atomic E-state index is 0.0448. The van der Waals surface area contributed by atoms with Gasteiger partial charge in [-0.15, -0.1) is 11.3 Å². The zero-order valence-electron chi connectivity index (χ0n) is 21.2. The number of hydrogen-bond acceptors (Lipinski definition) is 5. The Morgan fingerprint density at radius 3 is 2.36 bits per heavy atom. The van der Waals surface area contributed by atoms with Crippen LogP contribution in [-0.4, -0.2) is 55.5 Å². The highest BCUT2D eigenvalue weighted by atomic mass is 32.1. The van der Waals surface area contributed by atoms with Crippen LogP contribution in [0, 0.1) is 0 Å². The third-order valence-corrected chi connectivity index (χ3v) is 6.61. The molecule has 0 fully saturated rings. The van der Waals surface area contributed by atoms with Gasteiger partial charge in [-0.25, -0.2) is 0 Å². The number of methoxy groups -OCH3 is 2. The van der Waals surface area contributed by atoms with Crippen LogP contribution in [0.25, 0.3) is 6.08 Å². The van der Waals surface area contributed by atoms with Gasteiger partial charge in [0.1, 0.15) is 6.54 Å². The van der Waals surface area contributed by atoms with E-state index in [-0.39, 0.29) is 18.4 Å². The van der Waals surface area contributed by atoms with E-state index >= 15 is 0 Å². The van der Waals surface area contributed by atoms with Gasteiger partial charge in [-0.2, -0.15) is 0 Å². The summed E-state index contributed by atoms with van der Waals surface area (Å²) < 4.78 is 10.8. The van der Waals surface area contributed by atoms with Crippen LogP contribution in [0.3, 0.4) is 0 Å². The van der Waals surface area contributed by atoms with Crippen molar-refractivity contribution in [1.82, 2.24) is 9.80 Å². The van der Waals surface area contributed by atoms with E-state index in [2.05, 4.69) is 0 Å². The summed E-state index contributed by atoms with van der Waals surface area (Å²) in [5, 5.41) is 2.01. The molecule has 0 aliphatic carbocycles. The van der Waals surface area contributed by atoms with Crippen molar-refractivity contribution in [3.63, 3.8) is 0 Å². The van der Waals surface area contributed by atoms with Gasteiger partial charge in [-0.3, -0.25) is 9.59 Å². The molecule has 2 amide bonds. The molecular weight excluding hydrogens is 472 g/mol. The summed E-state index contributed by atoms with van der Waals surface area (Å²) in [5.74, 6) is 1.10. The molecule has 0 saturated carbocycles. The molecule has 3 aromatic rings. The van der Waals surface area contributed by atoms with Crippen LogP contribution in [0.2, 0.25) is 0 Å². The molecule has 6 nitrogen and oxygen atoms in total. The number of benzene rings is 2. The summed E-state index contributed by atoms with van der Waals surface area (Å²) in [5.41, 5.74) is 1.99. The molecule has 1 heterocycles. The number of ether oxygens (including phenoxy) is 2. The Morgan fingerprint density at radius 2 is 1.69 bits per heavy atom. The van der Waals surface area contributed by atoms with E-state index in [4.69, 9.17) is 9.47 Å². The average Bonchev–Trinajstić information content (AvgIpc) is 3.43. The molecule has 0 atom stereocenters. The van der Waals surface area contributed by atoms with E-state index in [1.165, 1.54) is 0 Å². The summed E-state index contributed by atoms with van der Waals surface area (Å²) in [6.07, 6.45) is 4.77. The monoisotopic (exact) mass is 506 g/mol. The molecule has 0 radical (unpaired) electrons. The molecule has 3 rings (SSSR count). The number of amides is 2. The van der Waals surface area contributed by atoms with Crippen LogP contribution in [0.4, 0.5) is 0 Å². The van der Waals surface area contributed by atoms with E-state index in [1.807, 2.05) is 77.9 Å². The Kier molecular flexibility index (Phi) is 10.6. The summed E-state index contributed by atoms with van der Waals surface area (Å²) >= 11 is 1.62. The Labute approximate surface area is 217 Å². The first-order valence-electron chi connectivity index (χ1n) is 12.1. The largest absolute Gasteiger partial charge is 0.493 e. The molecule has 36 heavy (non-hydrogen) atoms. The summed E-state index contributed by atoms with van der Waals surface area (Å²) in [7, 11) is 3.22. The van der Waals surface area contributed by atoms with E-state index < -0.39 is 0 Å². The molecule has 0 unspecified atom stereocenters. The lowest BCUT2D eigenvalue weighted by Gasteiger charge is -2.27. The van der Waals surface area contributed by atoms with Gasteiger partial charge in [-0.05, 0) is 53.6 Å². The number of carbonyl (C=O) groups excluding carboxylic acids is 2. The lowest BCUT2D eigenvalue weighted by Crippen LogP contribution is -2.43. The van der Waals surface area contributed by atoms with Crippen molar-refractivity contribution in [1.29, 1.82) is 0 Å². The average molecular weight is 507 g/mol. The molecule has 0 spiro atoms. The van der Waals surface area contributed by atoms with Crippen molar-refractivity contribution in [2.24, 2.45) is 0 Å². The molecule has 0 aliphatic rings. The molecule has 0 aliphatic heterocycles. The second-order valence-electron chi connectivity index (χ2n) is 8.34. The van der Waals surface area contributed by atoms with Gasteiger partial charge in [0.15, 0.2) is 11.5 Å². The van der Waals surface area contributed by atoms with Gasteiger partial charge >= 0.3 is 0 Å². The van der Waals surface area contributed by atoms with Gasteiger partial charge in [0.2, 0.25) is 11.8 Å². The maximum atomic E-state index is 13.4. The summed E-state index contributed by atoms with van der Waals surface area (Å²) in [6.45, 7) is 3.61. The molecule has 7 heteroatoms. The molecule has 190 valence electrons. The summed E-state index contributed by atoms with van der Waals surface area (Å²) in [6, 6.07) is 19.5. The maximum absolute atomic E-state index is 13.4. The molecule has 1 aromatic heterocycles. The van der Waals surface area contributed by atoms with E-state index in [9.17, 15) is 9.59 Å². The second kappa shape index (κ2) is 14.1. The number of thiophene rings is 1. The minimum Gasteiger partial charge on any atom is -0.493 e. The van der Waals surface area contributed by atoms with Gasteiger partial charge in [-0.1, -0.05) is 49.4 Å². The fraction of sp³-hybridized carbons (Fsp3) is 0.310. The van der Waals surface area contributed by atoms with Gasteiger partial charge in [0, 0.05) is 24.0 Å². The highest BCUT2D eigenvalue weighted by Crippen LogP contribution is 2.28. The lowest BCUT2D eigenvalue weighted by molar-refractivity contribution is -0.138. The smallest absolute Gasteiger partial charge is 0.247 e. The third-order valence-electron chi connectivity index (χ3n) is 5.75. The molecule has 0 N–H and O–H groups in total. The highest BCUT2D eigenvalue weighted by Gasteiger charge is 2.20. The van der Waals surface area contributed by atoms with Crippen LogP contribution in [0.5, 0.6) is 11.5 Å².